The number of aliphatic hydroxyl groups is 1. The molecule has 24 heavy (non-hydrogen) atoms. The van der Waals surface area contributed by atoms with Crippen molar-refractivity contribution < 1.29 is 9.90 Å². The minimum atomic E-state index is -0.172. The van der Waals surface area contributed by atoms with E-state index in [2.05, 4.69) is 27.7 Å². The van der Waals surface area contributed by atoms with Gasteiger partial charge in [-0.25, -0.2) is 0 Å². The van der Waals surface area contributed by atoms with Crippen molar-refractivity contribution in [1.82, 2.24) is 0 Å². The molecule has 2 nitrogen and oxygen atoms in total. The van der Waals surface area contributed by atoms with Crippen molar-refractivity contribution in [2.45, 2.75) is 85.2 Å². The summed E-state index contributed by atoms with van der Waals surface area (Å²) in [7, 11) is 0. The molecule has 4 saturated carbocycles. The van der Waals surface area contributed by atoms with Gasteiger partial charge in [-0.1, -0.05) is 40.5 Å². The Morgan fingerprint density at radius 2 is 1.83 bits per heavy atom. The zero-order chi connectivity index (χ0) is 17.3. The molecule has 0 aliphatic heterocycles. The normalized spacial score (nSPS) is 54.3. The van der Waals surface area contributed by atoms with E-state index in [-0.39, 0.29) is 11.5 Å². The van der Waals surface area contributed by atoms with E-state index in [9.17, 15) is 9.90 Å². The maximum absolute atomic E-state index is 13.4. The lowest BCUT2D eigenvalue weighted by atomic mass is 9.43. The van der Waals surface area contributed by atoms with Gasteiger partial charge in [0, 0.05) is 11.8 Å². The number of ketones is 1. The van der Waals surface area contributed by atoms with Crippen LogP contribution in [0.2, 0.25) is 0 Å². The fraction of sp³-hybridized carbons (Fsp3) is 0.955. The van der Waals surface area contributed by atoms with Gasteiger partial charge < -0.3 is 5.11 Å². The van der Waals surface area contributed by atoms with E-state index in [1.165, 1.54) is 32.1 Å². The van der Waals surface area contributed by atoms with Gasteiger partial charge in [-0.05, 0) is 73.0 Å². The Bertz CT molecular complexity index is 526. The Morgan fingerprint density at radius 1 is 1.08 bits per heavy atom. The van der Waals surface area contributed by atoms with Gasteiger partial charge in [0.2, 0.25) is 0 Å². The van der Waals surface area contributed by atoms with Crippen molar-refractivity contribution in [3.05, 3.63) is 0 Å². The van der Waals surface area contributed by atoms with Crippen molar-refractivity contribution in [1.29, 1.82) is 0 Å². The lowest BCUT2D eigenvalue weighted by Gasteiger charge is -2.61. The van der Waals surface area contributed by atoms with E-state index in [1.807, 2.05) is 0 Å². The summed E-state index contributed by atoms with van der Waals surface area (Å²) in [6.45, 7) is 9.29. The topological polar surface area (TPSA) is 37.3 Å². The van der Waals surface area contributed by atoms with Gasteiger partial charge in [0.05, 0.1) is 6.10 Å². The molecule has 136 valence electrons. The van der Waals surface area contributed by atoms with Crippen LogP contribution < -0.4 is 0 Å². The predicted molar refractivity (Wildman–Crippen MR) is 96.5 cm³/mol. The van der Waals surface area contributed by atoms with Gasteiger partial charge in [-0.15, -0.1) is 0 Å². The molecular formula is C22H36O2. The van der Waals surface area contributed by atoms with Gasteiger partial charge in [-0.2, -0.15) is 0 Å². The fourth-order valence-corrected chi connectivity index (χ4v) is 8.06. The van der Waals surface area contributed by atoms with Crippen LogP contribution in [0.3, 0.4) is 0 Å². The van der Waals surface area contributed by atoms with Crippen LogP contribution in [-0.2, 0) is 4.79 Å². The van der Waals surface area contributed by atoms with E-state index >= 15 is 0 Å². The molecule has 4 rings (SSSR count). The first-order valence-electron chi connectivity index (χ1n) is 10.5. The molecule has 0 radical (unpaired) electrons. The summed E-state index contributed by atoms with van der Waals surface area (Å²) in [5.74, 6) is 3.48. The summed E-state index contributed by atoms with van der Waals surface area (Å²) in [4.78, 5) is 13.4. The molecule has 4 aliphatic carbocycles. The maximum Gasteiger partial charge on any atom is 0.139 e. The molecule has 6 unspecified atom stereocenters. The molecule has 0 aromatic rings. The molecule has 4 aliphatic rings. The molecule has 8 atom stereocenters. The largest absolute Gasteiger partial charge is 0.393 e. The number of fused-ring (bicyclic) bond motifs is 5. The van der Waals surface area contributed by atoms with Gasteiger partial charge in [-0.3, -0.25) is 4.79 Å². The summed E-state index contributed by atoms with van der Waals surface area (Å²) >= 11 is 0. The van der Waals surface area contributed by atoms with E-state index in [0.29, 0.717) is 46.7 Å². The number of rotatable bonds is 1. The van der Waals surface area contributed by atoms with Gasteiger partial charge in [0.25, 0.3) is 0 Å². The number of aliphatic hydroxyl groups excluding tert-OH is 1. The Morgan fingerprint density at radius 3 is 2.54 bits per heavy atom. The van der Waals surface area contributed by atoms with Crippen molar-refractivity contribution in [3.8, 4) is 0 Å². The summed E-state index contributed by atoms with van der Waals surface area (Å²) in [6.07, 6.45) is 9.07. The van der Waals surface area contributed by atoms with Gasteiger partial charge in [0.15, 0.2) is 0 Å². The maximum atomic E-state index is 13.4. The van der Waals surface area contributed by atoms with E-state index in [4.69, 9.17) is 0 Å². The zero-order valence-electron chi connectivity index (χ0n) is 16.1. The van der Waals surface area contributed by atoms with Crippen LogP contribution in [0.5, 0.6) is 0 Å². The Balaban J connectivity index is 1.73. The number of hydrogen-bond donors (Lipinski definition) is 1. The Labute approximate surface area is 147 Å². The van der Waals surface area contributed by atoms with Crippen LogP contribution in [0.1, 0.15) is 79.1 Å². The zero-order valence-corrected chi connectivity index (χ0v) is 16.1. The minimum Gasteiger partial charge on any atom is -0.393 e. The molecule has 0 heterocycles. The van der Waals surface area contributed by atoms with Crippen molar-refractivity contribution in [2.24, 2.45) is 46.3 Å². The standard InChI is InChI=1S/C22H36O2/c1-13(2)15-8-9-16-20-17(12-19(24)22(15,16)4)21(3)10-6-5-7-14(21)11-18(20)23/h13-18,20,23H,5-12H2,1-4H3/t14?,15?,16?,17-,18+,20?,21?,22?/m0/s1. The van der Waals surface area contributed by atoms with Crippen molar-refractivity contribution in [3.63, 3.8) is 0 Å². The van der Waals surface area contributed by atoms with Gasteiger partial charge >= 0.3 is 0 Å². The SMILES string of the molecule is CC(C)C1CCC2C3[C@H](O)CC4CCCCC4(C)[C@H]3CC(=O)C12C. The number of Topliss-reactive ketones (excluding diaryl/α,β-unsaturated/α-hetero) is 1. The van der Waals surface area contributed by atoms with Gasteiger partial charge in [0.1, 0.15) is 5.78 Å². The Kier molecular flexibility index (Phi) is 3.95. The minimum absolute atomic E-state index is 0.172. The lowest BCUT2D eigenvalue weighted by molar-refractivity contribution is -0.176. The summed E-state index contributed by atoms with van der Waals surface area (Å²) in [6, 6.07) is 0. The molecule has 0 aromatic carbocycles. The predicted octanol–water partition coefficient (Wildman–Crippen LogP) is 4.84. The molecular weight excluding hydrogens is 296 g/mol. The molecule has 4 fully saturated rings. The highest BCUT2D eigenvalue weighted by Crippen LogP contribution is 2.67. The number of carbonyl (C=O) groups is 1. The lowest BCUT2D eigenvalue weighted by Crippen LogP contribution is -2.60. The fourth-order valence-electron chi connectivity index (χ4n) is 8.06. The van der Waals surface area contributed by atoms with E-state index < -0.39 is 0 Å². The third-order valence-electron chi connectivity index (χ3n) is 9.34. The van der Waals surface area contributed by atoms with Crippen LogP contribution in [0.15, 0.2) is 0 Å². The van der Waals surface area contributed by atoms with E-state index in [1.54, 1.807) is 0 Å². The highest BCUT2D eigenvalue weighted by molar-refractivity contribution is 5.87. The molecule has 0 spiro atoms. The summed E-state index contributed by atoms with van der Waals surface area (Å²) in [5.41, 5.74) is 0.128. The third-order valence-corrected chi connectivity index (χ3v) is 9.34. The van der Waals surface area contributed by atoms with Crippen LogP contribution in [-0.4, -0.2) is 17.0 Å². The average molecular weight is 333 g/mol. The second-order valence-corrected chi connectivity index (χ2v) is 10.4. The molecule has 2 heteroatoms. The first kappa shape index (κ1) is 17.1. The number of carbonyl (C=O) groups excluding carboxylic acids is 1. The first-order valence-corrected chi connectivity index (χ1v) is 10.5. The molecule has 0 amide bonds. The van der Waals surface area contributed by atoms with Crippen LogP contribution in [0, 0.1) is 46.3 Å². The summed E-state index contributed by atoms with van der Waals surface area (Å²) in [5, 5.41) is 11.1. The smallest absolute Gasteiger partial charge is 0.139 e. The third kappa shape index (κ3) is 2.07. The van der Waals surface area contributed by atoms with Crippen LogP contribution in [0.25, 0.3) is 0 Å². The van der Waals surface area contributed by atoms with E-state index in [0.717, 1.165) is 19.3 Å². The highest BCUT2D eigenvalue weighted by Gasteiger charge is 2.65. The molecule has 1 N–H and O–H groups in total. The van der Waals surface area contributed by atoms with Crippen LogP contribution >= 0.6 is 0 Å². The molecule has 0 saturated heterocycles. The quantitative estimate of drug-likeness (QED) is 0.746. The second-order valence-electron chi connectivity index (χ2n) is 10.4. The monoisotopic (exact) mass is 332 g/mol. The van der Waals surface area contributed by atoms with Crippen molar-refractivity contribution in [2.75, 3.05) is 0 Å². The van der Waals surface area contributed by atoms with Crippen molar-refractivity contribution >= 4 is 5.78 Å². The van der Waals surface area contributed by atoms with Crippen LogP contribution in [0.4, 0.5) is 0 Å². The molecule has 0 bridgehead atoms. The second kappa shape index (κ2) is 5.56. The average Bonchev–Trinajstić information content (AvgIpc) is 2.88. The molecule has 0 aromatic heterocycles. The highest BCUT2D eigenvalue weighted by atomic mass is 16.3. The summed E-state index contributed by atoms with van der Waals surface area (Å²) < 4.78 is 0. The number of hydrogen-bond acceptors (Lipinski definition) is 2. The first-order chi connectivity index (χ1) is 11.3. The Hall–Kier alpha value is -0.370.